The number of aryl methyl sites for hydroxylation is 1. The van der Waals surface area contributed by atoms with Crippen LogP contribution in [-0.2, 0) is 10.0 Å². The van der Waals surface area contributed by atoms with Crippen LogP contribution in [0.15, 0.2) is 88.2 Å². The second-order valence-electron chi connectivity index (χ2n) is 15.2. The lowest BCUT2D eigenvalue weighted by Crippen LogP contribution is -2.39. The summed E-state index contributed by atoms with van der Waals surface area (Å²) in [5.74, 6) is -0.205. The number of rotatable bonds is 16. The second kappa shape index (κ2) is 17.7. The lowest BCUT2D eigenvalue weighted by atomic mass is 9.99. The first kappa shape index (κ1) is 41.0. The molecule has 0 saturated heterocycles. The number of benzene rings is 3. The topological polar surface area (TPSA) is 158 Å². The monoisotopic (exact) mass is 795 g/mol. The molecule has 6 rings (SSSR count). The molecular formula is C43H49N5O8S. The zero-order chi connectivity index (χ0) is 40.9. The van der Waals surface area contributed by atoms with Gasteiger partial charge in [0.15, 0.2) is 22.8 Å². The van der Waals surface area contributed by atoms with Crippen LogP contribution in [0.2, 0.25) is 0 Å². The smallest absolute Gasteiger partial charge is 0.284 e. The number of ketones is 1. The average molecular weight is 796 g/mol. The van der Waals surface area contributed by atoms with Gasteiger partial charge in [-0.25, -0.2) is 4.68 Å². The van der Waals surface area contributed by atoms with E-state index in [9.17, 15) is 27.6 Å². The summed E-state index contributed by atoms with van der Waals surface area (Å²) in [6.45, 7) is 11.8. The minimum Gasteiger partial charge on any atom is -0.486 e. The standard InChI is InChI=1S/C43H49N5O8S/c1-28(2)20-23-46(24-21-29(3)4)43(52)35-17-19-39(45-57(53,54)32-15-12-30(5)13-16-32)48(44-35)36(40(49)31-14-18-37-38(27-31)56-26-25-55-37)11-8-22-47-41(50)33-9-6-7-10-34(33)42(47)51/h6-7,9-10,12-19,27-29,36H,8,11,20-26H2,1-5H3/b45-39+. The Kier molecular flexibility index (Phi) is 12.7. The molecule has 0 spiro atoms. The van der Waals surface area contributed by atoms with Crippen molar-refractivity contribution in [3.8, 4) is 11.5 Å². The molecule has 3 aromatic carbocycles. The predicted molar refractivity (Wildman–Crippen MR) is 213 cm³/mol. The van der Waals surface area contributed by atoms with Crippen molar-refractivity contribution in [3.63, 3.8) is 0 Å². The molecule has 0 N–H and O–H groups in total. The van der Waals surface area contributed by atoms with Crippen LogP contribution >= 0.6 is 0 Å². The van der Waals surface area contributed by atoms with E-state index in [1.165, 1.54) is 28.9 Å². The number of sulfonamides is 1. The molecule has 0 fully saturated rings. The van der Waals surface area contributed by atoms with Crippen LogP contribution in [0.25, 0.3) is 0 Å². The molecule has 0 radical (unpaired) electrons. The number of ether oxygens (including phenoxy) is 2. The SMILES string of the molecule is Cc1ccc(S(=O)(=O)/N=c2\ccc(C(=O)N(CCC(C)C)CCC(C)C)nn2C(CCCN2C(=O)c3ccccc3C2=O)C(=O)c2ccc3c(c2)OCCO3)cc1. The predicted octanol–water partition coefficient (Wildman–Crippen LogP) is 6.29. The molecule has 0 saturated carbocycles. The zero-order valence-corrected chi connectivity index (χ0v) is 33.8. The first-order chi connectivity index (χ1) is 27.2. The highest BCUT2D eigenvalue weighted by Gasteiger charge is 2.35. The summed E-state index contributed by atoms with van der Waals surface area (Å²) in [6, 6.07) is 19.2. The molecule has 4 aromatic rings. The van der Waals surface area contributed by atoms with E-state index >= 15 is 0 Å². The van der Waals surface area contributed by atoms with Crippen LogP contribution in [-0.4, -0.2) is 84.4 Å². The van der Waals surface area contributed by atoms with Crippen molar-refractivity contribution < 1.29 is 37.1 Å². The molecule has 0 bridgehead atoms. The Labute approximate surface area is 333 Å². The molecule has 13 nitrogen and oxygen atoms in total. The van der Waals surface area contributed by atoms with Crippen LogP contribution in [0.1, 0.15) is 107 Å². The van der Waals surface area contributed by atoms with Gasteiger partial charge in [-0.15, -0.1) is 4.40 Å². The highest BCUT2D eigenvalue weighted by Crippen LogP contribution is 2.33. The zero-order valence-electron chi connectivity index (χ0n) is 33.0. The van der Waals surface area contributed by atoms with E-state index in [1.807, 2.05) is 6.92 Å². The summed E-state index contributed by atoms with van der Waals surface area (Å²) >= 11 is 0. The van der Waals surface area contributed by atoms with E-state index in [1.54, 1.807) is 59.5 Å². The summed E-state index contributed by atoms with van der Waals surface area (Å²) in [4.78, 5) is 58.4. The van der Waals surface area contributed by atoms with E-state index in [0.717, 1.165) is 23.3 Å². The molecule has 300 valence electrons. The normalized spacial score (nSPS) is 14.6. The van der Waals surface area contributed by atoms with E-state index < -0.39 is 33.7 Å². The van der Waals surface area contributed by atoms with E-state index in [4.69, 9.17) is 14.6 Å². The molecule has 3 amide bonds. The summed E-state index contributed by atoms with van der Waals surface area (Å²) in [6.07, 6.45) is 1.65. The van der Waals surface area contributed by atoms with Crippen molar-refractivity contribution in [3.05, 3.63) is 112 Å². The fourth-order valence-corrected chi connectivity index (χ4v) is 7.65. The average Bonchev–Trinajstić information content (AvgIpc) is 3.43. The van der Waals surface area contributed by atoms with E-state index in [0.29, 0.717) is 60.8 Å². The Morgan fingerprint density at radius 1 is 0.807 bits per heavy atom. The molecular weight excluding hydrogens is 747 g/mol. The number of carbonyl (C=O) groups is 4. The van der Waals surface area contributed by atoms with Gasteiger partial charge in [0.1, 0.15) is 24.9 Å². The van der Waals surface area contributed by atoms with Gasteiger partial charge in [0.2, 0.25) is 0 Å². The van der Waals surface area contributed by atoms with Crippen LogP contribution in [0.3, 0.4) is 0 Å². The molecule has 14 heteroatoms. The molecule has 1 unspecified atom stereocenters. The number of aromatic nitrogens is 2. The quantitative estimate of drug-likeness (QED) is 0.0940. The summed E-state index contributed by atoms with van der Waals surface area (Å²) < 4.78 is 44.5. The maximum absolute atomic E-state index is 14.8. The van der Waals surface area contributed by atoms with Gasteiger partial charge in [-0.2, -0.15) is 13.5 Å². The number of imide groups is 1. The number of fused-ring (bicyclic) bond motifs is 2. The third-order valence-electron chi connectivity index (χ3n) is 9.99. The molecule has 1 aromatic heterocycles. The van der Waals surface area contributed by atoms with Gasteiger partial charge < -0.3 is 14.4 Å². The lowest BCUT2D eigenvalue weighted by molar-refractivity contribution is 0.0646. The van der Waals surface area contributed by atoms with Crippen LogP contribution in [0, 0.1) is 18.8 Å². The van der Waals surface area contributed by atoms with Crippen molar-refractivity contribution in [2.45, 2.75) is 71.2 Å². The fraction of sp³-hybridized carbons (Fsp3) is 0.395. The fourth-order valence-electron chi connectivity index (χ4n) is 6.68. The van der Waals surface area contributed by atoms with Crippen LogP contribution < -0.4 is 15.0 Å². The highest BCUT2D eigenvalue weighted by molar-refractivity contribution is 7.90. The number of Topliss-reactive ketones (excluding diaryl/α,β-unsaturated/α-hetero) is 1. The van der Waals surface area contributed by atoms with Crippen LogP contribution in [0.4, 0.5) is 0 Å². The van der Waals surface area contributed by atoms with Gasteiger partial charge in [-0.3, -0.25) is 24.1 Å². The molecule has 1 atom stereocenters. The summed E-state index contributed by atoms with van der Waals surface area (Å²) in [5.41, 5.74) is 1.51. The second-order valence-corrected chi connectivity index (χ2v) is 16.9. The molecule has 2 aliphatic rings. The molecule has 2 aliphatic heterocycles. The number of hydrogen-bond donors (Lipinski definition) is 0. The van der Waals surface area contributed by atoms with Crippen molar-refractivity contribution >= 4 is 33.5 Å². The molecule has 3 heterocycles. The van der Waals surface area contributed by atoms with Crippen molar-refractivity contribution in [2.24, 2.45) is 16.2 Å². The number of carbonyl (C=O) groups excluding carboxylic acids is 4. The minimum atomic E-state index is -4.33. The third kappa shape index (κ3) is 9.50. The first-order valence-electron chi connectivity index (χ1n) is 19.4. The molecule has 0 aliphatic carbocycles. The Balaban J connectivity index is 1.45. The largest absolute Gasteiger partial charge is 0.486 e. The summed E-state index contributed by atoms with van der Waals surface area (Å²) in [5, 5.41) is 4.73. The third-order valence-corrected chi connectivity index (χ3v) is 11.3. The van der Waals surface area contributed by atoms with Gasteiger partial charge in [0.05, 0.1) is 16.0 Å². The van der Waals surface area contributed by atoms with Gasteiger partial charge in [-0.1, -0.05) is 57.5 Å². The van der Waals surface area contributed by atoms with Gasteiger partial charge in [0.25, 0.3) is 27.7 Å². The lowest BCUT2D eigenvalue weighted by Gasteiger charge is -2.25. The Hall–Kier alpha value is -5.63. The Morgan fingerprint density at radius 3 is 2.04 bits per heavy atom. The molecule has 57 heavy (non-hydrogen) atoms. The van der Waals surface area contributed by atoms with E-state index in [-0.39, 0.29) is 46.9 Å². The van der Waals surface area contributed by atoms with E-state index in [2.05, 4.69) is 32.1 Å². The number of nitrogens with zero attached hydrogens (tertiary/aromatic N) is 5. The number of amides is 3. The minimum absolute atomic E-state index is 0.00645. The Bertz CT molecular complexity index is 2290. The van der Waals surface area contributed by atoms with Gasteiger partial charge in [0, 0.05) is 25.2 Å². The van der Waals surface area contributed by atoms with Crippen molar-refractivity contribution in [1.82, 2.24) is 19.6 Å². The van der Waals surface area contributed by atoms with Crippen LogP contribution in [0.5, 0.6) is 11.5 Å². The van der Waals surface area contributed by atoms with Crippen molar-refractivity contribution in [1.29, 1.82) is 0 Å². The highest BCUT2D eigenvalue weighted by atomic mass is 32.2. The van der Waals surface area contributed by atoms with Gasteiger partial charge in [-0.05, 0) is 99.0 Å². The Morgan fingerprint density at radius 2 is 1.42 bits per heavy atom. The van der Waals surface area contributed by atoms with Gasteiger partial charge >= 0.3 is 0 Å². The number of hydrogen-bond acceptors (Lipinski definition) is 9. The summed E-state index contributed by atoms with van der Waals surface area (Å²) in [7, 11) is -4.33. The first-order valence-corrected chi connectivity index (χ1v) is 20.8. The van der Waals surface area contributed by atoms with Crippen molar-refractivity contribution in [2.75, 3.05) is 32.8 Å². The maximum atomic E-state index is 14.8. The maximum Gasteiger partial charge on any atom is 0.284 e.